The fourth-order valence-electron chi connectivity index (χ4n) is 3.81. The number of carbonyl (C=O) groups excluding carboxylic acids is 1. The number of hydrogen-bond donors (Lipinski definition) is 1. The summed E-state index contributed by atoms with van der Waals surface area (Å²) in [5, 5.41) is 13.4. The summed E-state index contributed by atoms with van der Waals surface area (Å²) in [6.45, 7) is 10.8. The standard InChI is InChI=1S/C22H26N2OS/c1-13-8-14(2)10-15(9-13)20(25)24-21-18(12-23)17-7-6-16(22(3,4)5)11-19(17)26-21/h8-10,16H,6-7,11H2,1-5H3,(H,24,25)/t16-/m1/s1. The number of benzene rings is 1. The van der Waals surface area contributed by atoms with E-state index < -0.39 is 0 Å². The molecule has 0 fully saturated rings. The minimum Gasteiger partial charge on any atom is -0.312 e. The van der Waals surface area contributed by atoms with Gasteiger partial charge in [0, 0.05) is 10.4 Å². The van der Waals surface area contributed by atoms with Gasteiger partial charge in [-0.25, -0.2) is 0 Å². The van der Waals surface area contributed by atoms with Crippen LogP contribution >= 0.6 is 11.3 Å². The summed E-state index contributed by atoms with van der Waals surface area (Å²) in [6, 6.07) is 8.16. The van der Waals surface area contributed by atoms with Crippen LogP contribution in [-0.2, 0) is 12.8 Å². The SMILES string of the molecule is Cc1cc(C)cc(C(=O)Nc2sc3c(c2C#N)CC[C@@H](C(C)(C)C)C3)c1. The van der Waals surface area contributed by atoms with Crippen molar-refractivity contribution in [1.29, 1.82) is 5.26 Å². The molecule has 0 unspecified atom stereocenters. The van der Waals surface area contributed by atoms with E-state index in [9.17, 15) is 10.1 Å². The molecule has 1 atom stereocenters. The Balaban J connectivity index is 1.89. The molecule has 136 valence electrons. The van der Waals surface area contributed by atoms with Crippen LogP contribution in [0.15, 0.2) is 18.2 Å². The van der Waals surface area contributed by atoms with Gasteiger partial charge in [-0.1, -0.05) is 38.0 Å². The number of nitrogens with one attached hydrogen (secondary N) is 1. The summed E-state index contributed by atoms with van der Waals surface area (Å²) in [6.07, 6.45) is 3.03. The third-order valence-corrected chi connectivity index (χ3v) is 6.48. The number of aryl methyl sites for hydroxylation is 2. The zero-order valence-corrected chi connectivity index (χ0v) is 17.0. The molecule has 1 aliphatic rings. The molecular formula is C22H26N2OS. The van der Waals surface area contributed by atoms with Crippen molar-refractivity contribution in [2.45, 2.75) is 53.9 Å². The van der Waals surface area contributed by atoms with Crippen molar-refractivity contribution in [2.24, 2.45) is 11.3 Å². The maximum atomic E-state index is 12.7. The maximum absolute atomic E-state index is 12.7. The van der Waals surface area contributed by atoms with Gasteiger partial charge in [-0.15, -0.1) is 11.3 Å². The minimum absolute atomic E-state index is 0.140. The Morgan fingerprint density at radius 2 is 1.88 bits per heavy atom. The Morgan fingerprint density at radius 3 is 2.46 bits per heavy atom. The van der Waals surface area contributed by atoms with Crippen molar-refractivity contribution < 1.29 is 4.79 Å². The molecule has 1 aromatic carbocycles. The largest absolute Gasteiger partial charge is 0.312 e. The van der Waals surface area contributed by atoms with E-state index in [1.54, 1.807) is 11.3 Å². The molecule has 0 saturated carbocycles. The molecule has 3 rings (SSSR count). The highest BCUT2D eigenvalue weighted by Crippen LogP contribution is 2.44. The molecule has 0 aliphatic heterocycles. The molecule has 0 radical (unpaired) electrons. The summed E-state index contributed by atoms with van der Waals surface area (Å²) in [5.74, 6) is 0.474. The van der Waals surface area contributed by atoms with Gasteiger partial charge in [0.05, 0.1) is 5.56 Å². The Morgan fingerprint density at radius 1 is 1.23 bits per heavy atom. The first-order chi connectivity index (χ1) is 12.2. The van der Waals surface area contributed by atoms with E-state index in [0.717, 1.165) is 36.0 Å². The molecule has 1 N–H and O–H groups in total. The normalized spacial score (nSPS) is 16.7. The highest BCUT2D eigenvalue weighted by Gasteiger charge is 2.32. The number of fused-ring (bicyclic) bond motifs is 1. The van der Waals surface area contributed by atoms with Gasteiger partial charge in [-0.2, -0.15) is 5.26 Å². The van der Waals surface area contributed by atoms with E-state index in [-0.39, 0.29) is 11.3 Å². The third-order valence-electron chi connectivity index (χ3n) is 5.31. The number of hydrogen-bond acceptors (Lipinski definition) is 3. The maximum Gasteiger partial charge on any atom is 0.256 e. The van der Waals surface area contributed by atoms with Gasteiger partial charge in [0.15, 0.2) is 0 Å². The second kappa shape index (κ2) is 6.89. The lowest BCUT2D eigenvalue weighted by atomic mass is 9.72. The van der Waals surface area contributed by atoms with Gasteiger partial charge in [0.25, 0.3) is 5.91 Å². The van der Waals surface area contributed by atoms with Crippen molar-refractivity contribution in [1.82, 2.24) is 0 Å². The van der Waals surface area contributed by atoms with Crippen molar-refractivity contribution >= 4 is 22.2 Å². The van der Waals surface area contributed by atoms with E-state index in [0.29, 0.717) is 22.0 Å². The van der Waals surface area contributed by atoms with E-state index in [1.807, 2.05) is 32.0 Å². The Hall–Kier alpha value is -2.12. The van der Waals surface area contributed by atoms with Crippen LogP contribution in [0.3, 0.4) is 0 Å². The Bertz CT molecular complexity index is 876. The average molecular weight is 367 g/mol. The first kappa shape index (κ1) is 18.7. The molecule has 1 aliphatic carbocycles. The number of amides is 1. The van der Waals surface area contributed by atoms with Crippen LogP contribution in [0, 0.1) is 36.5 Å². The van der Waals surface area contributed by atoms with Crippen LogP contribution < -0.4 is 5.32 Å². The molecule has 0 saturated heterocycles. The van der Waals surface area contributed by atoms with Crippen LogP contribution in [0.5, 0.6) is 0 Å². The second-order valence-corrected chi connectivity index (χ2v) is 9.56. The highest BCUT2D eigenvalue weighted by molar-refractivity contribution is 7.16. The van der Waals surface area contributed by atoms with Crippen LogP contribution in [0.2, 0.25) is 0 Å². The minimum atomic E-state index is -0.140. The number of anilines is 1. The summed E-state index contributed by atoms with van der Waals surface area (Å²) >= 11 is 1.58. The lowest BCUT2D eigenvalue weighted by Crippen LogP contribution is -2.26. The molecule has 26 heavy (non-hydrogen) atoms. The number of rotatable bonds is 2. The summed E-state index contributed by atoms with van der Waals surface area (Å²) in [5.41, 5.74) is 4.84. The van der Waals surface area contributed by atoms with E-state index in [1.165, 1.54) is 4.88 Å². The third kappa shape index (κ3) is 3.68. The fourth-order valence-corrected chi connectivity index (χ4v) is 5.09. The summed E-state index contributed by atoms with van der Waals surface area (Å²) in [7, 11) is 0. The number of nitrogens with zero attached hydrogens (tertiary/aromatic N) is 1. The zero-order valence-electron chi connectivity index (χ0n) is 16.2. The van der Waals surface area contributed by atoms with Crippen LogP contribution in [-0.4, -0.2) is 5.91 Å². The van der Waals surface area contributed by atoms with Crippen molar-refractivity contribution in [3.63, 3.8) is 0 Å². The van der Waals surface area contributed by atoms with Gasteiger partial charge >= 0.3 is 0 Å². The average Bonchev–Trinajstić information content (AvgIpc) is 2.89. The molecular weight excluding hydrogens is 340 g/mol. The van der Waals surface area contributed by atoms with Crippen molar-refractivity contribution in [2.75, 3.05) is 5.32 Å². The van der Waals surface area contributed by atoms with E-state index in [4.69, 9.17) is 0 Å². The van der Waals surface area contributed by atoms with Crippen LogP contribution in [0.1, 0.15) is 64.7 Å². The van der Waals surface area contributed by atoms with Crippen molar-refractivity contribution in [3.8, 4) is 6.07 Å². The number of thiophene rings is 1. The molecule has 0 spiro atoms. The molecule has 2 aromatic rings. The predicted molar refractivity (Wildman–Crippen MR) is 108 cm³/mol. The zero-order chi connectivity index (χ0) is 19.1. The first-order valence-electron chi connectivity index (χ1n) is 9.13. The lowest BCUT2D eigenvalue weighted by molar-refractivity contribution is 0.102. The fraction of sp³-hybridized carbons (Fsp3) is 0.455. The lowest BCUT2D eigenvalue weighted by Gasteiger charge is -2.33. The highest BCUT2D eigenvalue weighted by atomic mass is 32.1. The molecule has 0 bridgehead atoms. The Kier molecular flexibility index (Phi) is 4.94. The molecule has 4 heteroatoms. The summed E-state index contributed by atoms with van der Waals surface area (Å²) < 4.78 is 0. The van der Waals surface area contributed by atoms with Crippen LogP contribution in [0.4, 0.5) is 5.00 Å². The smallest absolute Gasteiger partial charge is 0.256 e. The van der Waals surface area contributed by atoms with Gasteiger partial charge in [0.1, 0.15) is 11.1 Å². The topological polar surface area (TPSA) is 52.9 Å². The molecule has 1 heterocycles. The van der Waals surface area contributed by atoms with Gasteiger partial charge in [-0.05, 0) is 62.1 Å². The monoisotopic (exact) mass is 366 g/mol. The number of nitriles is 1. The number of carbonyl (C=O) groups is 1. The molecule has 1 aromatic heterocycles. The predicted octanol–water partition coefficient (Wildman–Crippen LogP) is 5.64. The first-order valence-corrected chi connectivity index (χ1v) is 9.95. The molecule has 1 amide bonds. The van der Waals surface area contributed by atoms with E-state index in [2.05, 4.69) is 32.2 Å². The van der Waals surface area contributed by atoms with E-state index >= 15 is 0 Å². The van der Waals surface area contributed by atoms with Gasteiger partial charge in [0.2, 0.25) is 0 Å². The van der Waals surface area contributed by atoms with Crippen LogP contribution in [0.25, 0.3) is 0 Å². The Labute approximate surface area is 160 Å². The summed E-state index contributed by atoms with van der Waals surface area (Å²) in [4.78, 5) is 14.0. The molecule has 3 nitrogen and oxygen atoms in total. The second-order valence-electron chi connectivity index (χ2n) is 8.46. The van der Waals surface area contributed by atoms with Gasteiger partial charge < -0.3 is 5.32 Å². The van der Waals surface area contributed by atoms with Gasteiger partial charge in [-0.3, -0.25) is 4.79 Å². The quantitative estimate of drug-likeness (QED) is 0.748. The van der Waals surface area contributed by atoms with Crippen molar-refractivity contribution in [3.05, 3.63) is 50.9 Å².